The Morgan fingerprint density at radius 2 is 1.85 bits per heavy atom. The number of rotatable bonds is 8. The molecule has 4 heterocycles. The van der Waals surface area contributed by atoms with Crippen LogP contribution in [-0.4, -0.2) is 34.0 Å². The van der Waals surface area contributed by atoms with Gasteiger partial charge in [-0.05, 0) is 123 Å². The predicted octanol–water partition coefficient (Wildman–Crippen LogP) is 7.50. The Hall–Kier alpha value is -3.64. The van der Waals surface area contributed by atoms with Gasteiger partial charge in [0, 0.05) is 35.4 Å². The molecule has 1 saturated heterocycles. The number of anilines is 4. The first-order valence-electron chi connectivity index (χ1n) is 14.6. The molecule has 202 valence electrons. The summed E-state index contributed by atoms with van der Waals surface area (Å²) in [5.41, 5.74) is 8.46. The van der Waals surface area contributed by atoms with Crippen molar-refractivity contribution in [2.45, 2.75) is 71.3 Å². The SMILES string of the molecule is CC/C=C1\NC=Cc2cc(Nc3cc(CC)ccn3)nc(Nc3ccc(C4CCN(C5CC5)CC4)c(C)c3)c21. The van der Waals surface area contributed by atoms with Crippen molar-refractivity contribution in [2.24, 2.45) is 0 Å². The number of nitrogens with zero attached hydrogens (tertiary/aromatic N) is 3. The minimum absolute atomic E-state index is 0.660. The summed E-state index contributed by atoms with van der Waals surface area (Å²) in [4.78, 5) is 12.3. The van der Waals surface area contributed by atoms with Gasteiger partial charge in [-0.3, -0.25) is 0 Å². The number of hydrogen-bond donors (Lipinski definition) is 3. The summed E-state index contributed by atoms with van der Waals surface area (Å²) in [6, 6.07) is 14.0. The summed E-state index contributed by atoms with van der Waals surface area (Å²) in [5.74, 6) is 3.08. The van der Waals surface area contributed by atoms with E-state index in [0.717, 1.165) is 58.8 Å². The van der Waals surface area contributed by atoms with Crippen LogP contribution in [0.2, 0.25) is 0 Å². The number of nitrogens with one attached hydrogen (secondary N) is 3. The first kappa shape index (κ1) is 25.6. The average molecular weight is 521 g/mol. The fourth-order valence-electron chi connectivity index (χ4n) is 6.05. The maximum Gasteiger partial charge on any atom is 0.142 e. The number of fused-ring (bicyclic) bond motifs is 1. The summed E-state index contributed by atoms with van der Waals surface area (Å²) >= 11 is 0. The molecule has 0 atom stereocenters. The Kier molecular flexibility index (Phi) is 7.38. The highest BCUT2D eigenvalue weighted by molar-refractivity contribution is 5.87. The third-order valence-electron chi connectivity index (χ3n) is 8.28. The zero-order valence-corrected chi connectivity index (χ0v) is 23.4. The standard InChI is InChI=1S/C33H40N6/c1-4-6-29-32-25(12-16-34-29)21-31(37-30-20-23(5-2)11-15-35-30)38-33(32)36-26-7-10-28(22(3)19-26)24-13-17-39(18-14-24)27-8-9-27/h6-7,10-12,15-16,19-21,24,27,34H,4-5,8-9,13-14,17-18H2,1-3H3,(H2,35,36,37,38)/b29-6-. The summed E-state index contributed by atoms with van der Waals surface area (Å²) in [7, 11) is 0. The van der Waals surface area contributed by atoms with E-state index in [1.54, 1.807) is 0 Å². The molecule has 0 bridgehead atoms. The van der Waals surface area contributed by atoms with Crippen molar-refractivity contribution < 1.29 is 0 Å². The molecule has 6 heteroatoms. The Labute approximate surface area is 232 Å². The van der Waals surface area contributed by atoms with E-state index in [9.17, 15) is 0 Å². The average Bonchev–Trinajstić information content (AvgIpc) is 3.79. The Balaban J connectivity index is 1.28. The van der Waals surface area contributed by atoms with E-state index in [-0.39, 0.29) is 0 Å². The van der Waals surface area contributed by atoms with Gasteiger partial charge >= 0.3 is 0 Å². The first-order valence-corrected chi connectivity index (χ1v) is 14.6. The number of benzene rings is 1. The summed E-state index contributed by atoms with van der Waals surface area (Å²) in [5, 5.41) is 10.5. The molecule has 39 heavy (non-hydrogen) atoms. The van der Waals surface area contributed by atoms with Crippen molar-refractivity contribution in [3.63, 3.8) is 0 Å². The van der Waals surface area contributed by atoms with Gasteiger partial charge in [0.05, 0.1) is 0 Å². The molecule has 0 unspecified atom stereocenters. The number of aryl methyl sites for hydroxylation is 2. The lowest BCUT2D eigenvalue weighted by Crippen LogP contribution is -2.34. The van der Waals surface area contributed by atoms with Crippen LogP contribution in [0.1, 0.15) is 79.7 Å². The smallest absolute Gasteiger partial charge is 0.142 e. The third-order valence-corrected chi connectivity index (χ3v) is 8.28. The maximum atomic E-state index is 5.05. The van der Waals surface area contributed by atoms with Crippen LogP contribution < -0.4 is 16.0 Å². The second-order valence-electron chi connectivity index (χ2n) is 11.1. The second kappa shape index (κ2) is 11.2. The molecule has 6 rings (SSSR count). The first-order chi connectivity index (χ1) is 19.1. The van der Waals surface area contributed by atoms with Crippen LogP contribution in [-0.2, 0) is 6.42 Å². The molecule has 2 aromatic heterocycles. The number of aromatic nitrogens is 2. The summed E-state index contributed by atoms with van der Waals surface area (Å²) in [6.45, 7) is 9.06. The number of allylic oxidation sites excluding steroid dienone is 1. The van der Waals surface area contributed by atoms with Gasteiger partial charge in [-0.15, -0.1) is 0 Å². The van der Waals surface area contributed by atoms with Gasteiger partial charge in [0.15, 0.2) is 0 Å². The normalized spacial score (nSPS) is 18.6. The fraction of sp³-hybridized carbons (Fsp3) is 0.394. The molecule has 3 N–H and O–H groups in total. The molecule has 0 radical (unpaired) electrons. The molecule has 1 saturated carbocycles. The lowest BCUT2D eigenvalue weighted by atomic mass is 9.86. The highest BCUT2D eigenvalue weighted by atomic mass is 15.2. The van der Waals surface area contributed by atoms with E-state index in [0.29, 0.717) is 5.92 Å². The summed E-state index contributed by atoms with van der Waals surface area (Å²) < 4.78 is 0. The Morgan fingerprint density at radius 3 is 2.59 bits per heavy atom. The molecule has 0 amide bonds. The molecule has 2 aliphatic heterocycles. The second-order valence-corrected chi connectivity index (χ2v) is 11.1. The Bertz CT molecular complexity index is 1400. The zero-order chi connectivity index (χ0) is 26.8. The highest BCUT2D eigenvalue weighted by Gasteiger charge is 2.32. The lowest BCUT2D eigenvalue weighted by Gasteiger charge is -2.33. The quantitative estimate of drug-likeness (QED) is 0.286. The topological polar surface area (TPSA) is 65.1 Å². The van der Waals surface area contributed by atoms with Gasteiger partial charge in [-0.1, -0.05) is 26.0 Å². The molecule has 1 aliphatic carbocycles. The van der Waals surface area contributed by atoms with Gasteiger partial charge in [-0.2, -0.15) is 0 Å². The minimum Gasteiger partial charge on any atom is -0.361 e. The van der Waals surface area contributed by atoms with E-state index in [1.807, 2.05) is 12.4 Å². The predicted molar refractivity (Wildman–Crippen MR) is 163 cm³/mol. The van der Waals surface area contributed by atoms with E-state index < -0.39 is 0 Å². The van der Waals surface area contributed by atoms with Crippen LogP contribution in [0, 0.1) is 6.92 Å². The number of piperidine rings is 1. The molecule has 2 fully saturated rings. The van der Waals surface area contributed by atoms with Crippen LogP contribution in [0.4, 0.5) is 23.1 Å². The van der Waals surface area contributed by atoms with E-state index >= 15 is 0 Å². The molecule has 3 aromatic rings. The van der Waals surface area contributed by atoms with Crippen LogP contribution in [0.25, 0.3) is 11.8 Å². The molecular weight excluding hydrogens is 480 g/mol. The van der Waals surface area contributed by atoms with E-state index in [1.165, 1.54) is 55.5 Å². The molecule has 1 aromatic carbocycles. The van der Waals surface area contributed by atoms with Crippen molar-refractivity contribution in [2.75, 3.05) is 23.7 Å². The summed E-state index contributed by atoms with van der Waals surface area (Å²) in [6.07, 6.45) is 15.4. The molecule has 0 spiro atoms. The molecular formula is C33H40N6. The van der Waals surface area contributed by atoms with Crippen molar-refractivity contribution >= 4 is 34.9 Å². The van der Waals surface area contributed by atoms with Gasteiger partial charge in [0.2, 0.25) is 0 Å². The lowest BCUT2D eigenvalue weighted by molar-refractivity contribution is 0.203. The maximum absolute atomic E-state index is 5.05. The van der Waals surface area contributed by atoms with E-state index in [2.05, 4.69) is 95.2 Å². The van der Waals surface area contributed by atoms with Crippen LogP contribution in [0.3, 0.4) is 0 Å². The van der Waals surface area contributed by atoms with Crippen LogP contribution in [0.5, 0.6) is 0 Å². The van der Waals surface area contributed by atoms with Crippen molar-refractivity contribution in [3.05, 3.63) is 82.7 Å². The number of hydrogen-bond acceptors (Lipinski definition) is 6. The Morgan fingerprint density at radius 1 is 1.00 bits per heavy atom. The van der Waals surface area contributed by atoms with E-state index in [4.69, 9.17) is 4.98 Å². The third kappa shape index (κ3) is 5.71. The van der Waals surface area contributed by atoms with Gasteiger partial charge < -0.3 is 20.9 Å². The monoisotopic (exact) mass is 520 g/mol. The van der Waals surface area contributed by atoms with Crippen molar-refractivity contribution in [1.29, 1.82) is 0 Å². The number of pyridine rings is 2. The van der Waals surface area contributed by atoms with Gasteiger partial charge in [0.1, 0.15) is 17.5 Å². The van der Waals surface area contributed by atoms with Crippen molar-refractivity contribution in [1.82, 2.24) is 20.2 Å². The van der Waals surface area contributed by atoms with Crippen LogP contribution >= 0.6 is 0 Å². The zero-order valence-electron chi connectivity index (χ0n) is 23.4. The van der Waals surface area contributed by atoms with Crippen molar-refractivity contribution in [3.8, 4) is 0 Å². The largest absolute Gasteiger partial charge is 0.361 e. The molecule has 6 nitrogen and oxygen atoms in total. The van der Waals surface area contributed by atoms with Gasteiger partial charge in [0.25, 0.3) is 0 Å². The van der Waals surface area contributed by atoms with Crippen LogP contribution in [0.15, 0.2) is 54.9 Å². The fourth-order valence-corrected chi connectivity index (χ4v) is 6.05. The van der Waals surface area contributed by atoms with Gasteiger partial charge in [-0.25, -0.2) is 9.97 Å². The highest BCUT2D eigenvalue weighted by Crippen LogP contribution is 2.37. The minimum atomic E-state index is 0.660. The number of likely N-dealkylation sites (tertiary alicyclic amines) is 1. The molecule has 3 aliphatic rings.